The molecule has 4 atom stereocenters. The molecule has 2 bridgehead atoms. The van der Waals surface area contributed by atoms with Crippen molar-refractivity contribution >= 4 is 0 Å². The highest BCUT2D eigenvalue weighted by molar-refractivity contribution is 5.07. The lowest BCUT2D eigenvalue weighted by atomic mass is 9.85. The summed E-state index contributed by atoms with van der Waals surface area (Å²) in [5.74, 6) is 0. The van der Waals surface area contributed by atoms with Crippen LogP contribution in [0, 0.1) is 0 Å². The summed E-state index contributed by atoms with van der Waals surface area (Å²) < 4.78 is 5.88. The van der Waals surface area contributed by atoms with Gasteiger partial charge in [0.2, 0.25) is 0 Å². The molecule has 3 nitrogen and oxygen atoms in total. The Balaban J connectivity index is 1.69. The minimum atomic E-state index is 0.293. The molecular weight excluding hydrogens is 236 g/mol. The van der Waals surface area contributed by atoms with E-state index in [-0.39, 0.29) is 0 Å². The van der Waals surface area contributed by atoms with Crippen LogP contribution >= 0.6 is 0 Å². The molecule has 19 heavy (non-hydrogen) atoms. The van der Waals surface area contributed by atoms with Crippen LogP contribution in [0.25, 0.3) is 0 Å². The van der Waals surface area contributed by atoms with Gasteiger partial charge >= 0.3 is 0 Å². The second-order valence-electron chi connectivity index (χ2n) is 7.03. The van der Waals surface area contributed by atoms with Gasteiger partial charge in [-0.1, -0.05) is 6.92 Å². The van der Waals surface area contributed by atoms with Crippen LogP contribution in [-0.4, -0.2) is 47.8 Å². The van der Waals surface area contributed by atoms with Crippen molar-refractivity contribution in [1.82, 2.24) is 10.2 Å². The van der Waals surface area contributed by atoms with Crippen molar-refractivity contribution < 1.29 is 4.74 Å². The highest BCUT2D eigenvalue weighted by atomic mass is 16.5. The normalized spacial score (nSPS) is 46.9. The average molecular weight is 266 g/mol. The van der Waals surface area contributed by atoms with Crippen LogP contribution in [0.15, 0.2) is 0 Å². The first-order valence-corrected chi connectivity index (χ1v) is 8.28. The van der Waals surface area contributed by atoms with Crippen LogP contribution in [-0.2, 0) is 4.74 Å². The third-order valence-electron chi connectivity index (χ3n) is 5.86. The van der Waals surface area contributed by atoms with Gasteiger partial charge in [0.05, 0.1) is 6.10 Å². The fourth-order valence-electron chi connectivity index (χ4n) is 4.69. The molecule has 110 valence electrons. The summed E-state index contributed by atoms with van der Waals surface area (Å²) in [5.41, 5.74) is 0.293. The van der Waals surface area contributed by atoms with Crippen LogP contribution in [0.4, 0.5) is 0 Å². The monoisotopic (exact) mass is 266 g/mol. The Morgan fingerprint density at radius 3 is 2.47 bits per heavy atom. The zero-order valence-corrected chi connectivity index (χ0v) is 12.8. The van der Waals surface area contributed by atoms with E-state index in [0.29, 0.717) is 11.6 Å². The smallest absolute Gasteiger partial charge is 0.0729 e. The molecule has 1 N–H and O–H groups in total. The number of rotatable bonds is 4. The largest absolute Gasteiger partial charge is 0.377 e. The van der Waals surface area contributed by atoms with Gasteiger partial charge in [-0.3, -0.25) is 4.90 Å². The number of nitrogens with one attached hydrogen (secondary N) is 1. The highest BCUT2D eigenvalue weighted by Gasteiger charge is 2.52. The molecule has 0 amide bonds. The van der Waals surface area contributed by atoms with Crippen LogP contribution in [0.1, 0.15) is 59.3 Å². The molecule has 3 aliphatic rings. The van der Waals surface area contributed by atoms with E-state index in [9.17, 15) is 0 Å². The molecule has 4 unspecified atom stereocenters. The van der Waals surface area contributed by atoms with E-state index >= 15 is 0 Å². The average Bonchev–Trinajstić information content (AvgIpc) is 2.87. The molecule has 3 heterocycles. The number of hydrogen-bond donors (Lipinski definition) is 1. The third kappa shape index (κ3) is 2.34. The zero-order valence-electron chi connectivity index (χ0n) is 12.8. The molecular formula is C16H30N2O. The lowest BCUT2D eigenvalue weighted by Crippen LogP contribution is -2.60. The lowest BCUT2D eigenvalue weighted by molar-refractivity contribution is -0.0315. The van der Waals surface area contributed by atoms with Crippen LogP contribution in [0.5, 0.6) is 0 Å². The summed E-state index contributed by atoms with van der Waals surface area (Å²) >= 11 is 0. The number of hydrogen-bond acceptors (Lipinski definition) is 3. The Hall–Kier alpha value is -0.120. The molecule has 0 aromatic rings. The molecule has 0 spiro atoms. The first-order chi connectivity index (χ1) is 9.15. The highest BCUT2D eigenvalue weighted by Crippen LogP contribution is 2.45. The summed E-state index contributed by atoms with van der Waals surface area (Å²) in [7, 11) is 0. The maximum Gasteiger partial charge on any atom is 0.0729 e. The van der Waals surface area contributed by atoms with Gasteiger partial charge in [-0.05, 0) is 58.9 Å². The number of ether oxygens (including phenoxy) is 1. The van der Waals surface area contributed by atoms with E-state index in [4.69, 9.17) is 4.74 Å². The number of nitrogens with zero attached hydrogens (tertiary/aromatic N) is 1. The Kier molecular flexibility index (Phi) is 3.89. The Morgan fingerprint density at radius 2 is 1.95 bits per heavy atom. The molecule has 0 radical (unpaired) electrons. The number of piperidine rings is 1. The minimum absolute atomic E-state index is 0.293. The molecule has 3 fully saturated rings. The topological polar surface area (TPSA) is 24.5 Å². The standard InChI is InChI=1S/C16H30N2O/c1-4-8-17-13-10-14-5-6-15(11-13)18(14)16(3)7-9-19-12(16)2/h12-15,17H,4-11H2,1-3H3. The zero-order chi connectivity index (χ0) is 13.5. The van der Waals surface area contributed by atoms with Gasteiger partial charge in [0.1, 0.15) is 0 Å². The van der Waals surface area contributed by atoms with Crippen LogP contribution < -0.4 is 5.32 Å². The summed E-state index contributed by atoms with van der Waals surface area (Å²) in [4.78, 5) is 2.86. The summed E-state index contributed by atoms with van der Waals surface area (Å²) in [6.45, 7) is 9.10. The van der Waals surface area contributed by atoms with Crippen LogP contribution in [0.2, 0.25) is 0 Å². The van der Waals surface area contributed by atoms with E-state index < -0.39 is 0 Å². The summed E-state index contributed by atoms with van der Waals surface area (Å²) in [6, 6.07) is 2.35. The summed E-state index contributed by atoms with van der Waals surface area (Å²) in [6.07, 6.45) is 8.36. The molecule has 3 aliphatic heterocycles. The van der Waals surface area contributed by atoms with Gasteiger partial charge in [0.25, 0.3) is 0 Å². The van der Waals surface area contributed by atoms with Crippen LogP contribution in [0.3, 0.4) is 0 Å². The van der Waals surface area contributed by atoms with Crippen molar-refractivity contribution in [1.29, 1.82) is 0 Å². The van der Waals surface area contributed by atoms with E-state index in [1.165, 1.54) is 45.1 Å². The fourth-order valence-corrected chi connectivity index (χ4v) is 4.69. The third-order valence-corrected chi connectivity index (χ3v) is 5.86. The Bertz CT molecular complexity index is 308. The Morgan fingerprint density at radius 1 is 1.26 bits per heavy atom. The van der Waals surface area contributed by atoms with E-state index in [2.05, 4.69) is 31.0 Å². The second kappa shape index (κ2) is 5.34. The Labute approximate surface area is 118 Å². The summed E-state index contributed by atoms with van der Waals surface area (Å²) in [5, 5.41) is 3.75. The molecule has 0 aliphatic carbocycles. The molecule has 3 rings (SSSR count). The van der Waals surface area contributed by atoms with E-state index in [1.54, 1.807) is 0 Å². The molecule has 0 aromatic carbocycles. The van der Waals surface area contributed by atoms with Gasteiger partial charge < -0.3 is 10.1 Å². The number of fused-ring (bicyclic) bond motifs is 2. The molecule has 0 aromatic heterocycles. The second-order valence-corrected chi connectivity index (χ2v) is 7.03. The lowest BCUT2D eigenvalue weighted by Gasteiger charge is -2.49. The van der Waals surface area contributed by atoms with Gasteiger partial charge in [-0.15, -0.1) is 0 Å². The van der Waals surface area contributed by atoms with Crippen molar-refractivity contribution in [2.45, 2.75) is 89.1 Å². The fraction of sp³-hybridized carbons (Fsp3) is 1.00. The van der Waals surface area contributed by atoms with Gasteiger partial charge in [0, 0.05) is 30.3 Å². The maximum atomic E-state index is 5.88. The predicted octanol–water partition coefficient (Wildman–Crippen LogP) is 2.55. The first-order valence-electron chi connectivity index (χ1n) is 8.28. The maximum absolute atomic E-state index is 5.88. The van der Waals surface area contributed by atoms with Gasteiger partial charge in [0.15, 0.2) is 0 Å². The van der Waals surface area contributed by atoms with Crippen molar-refractivity contribution in [3.63, 3.8) is 0 Å². The molecule has 0 saturated carbocycles. The van der Waals surface area contributed by atoms with E-state index in [0.717, 1.165) is 24.7 Å². The van der Waals surface area contributed by atoms with Gasteiger partial charge in [-0.25, -0.2) is 0 Å². The van der Waals surface area contributed by atoms with Gasteiger partial charge in [-0.2, -0.15) is 0 Å². The molecule has 3 heteroatoms. The van der Waals surface area contributed by atoms with Crippen molar-refractivity contribution in [2.24, 2.45) is 0 Å². The van der Waals surface area contributed by atoms with E-state index in [1.807, 2.05) is 0 Å². The van der Waals surface area contributed by atoms with Crippen molar-refractivity contribution in [2.75, 3.05) is 13.2 Å². The predicted molar refractivity (Wildman–Crippen MR) is 78.4 cm³/mol. The van der Waals surface area contributed by atoms with Crippen molar-refractivity contribution in [3.8, 4) is 0 Å². The quantitative estimate of drug-likeness (QED) is 0.846. The minimum Gasteiger partial charge on any atom is -0.377 e. The van der Waals surface area contributed by atoms with Crippen molar-refractivity contribution in [3.05, 3.63) is 0 Å². The molecule has 3 saturated heterocycles. The first kappa shape index (κ1) is 13.8. The SMILES string of the molecule is CCCNC1CC2CCC(C1)N2C1(C)CCOC1C.